The number of carbonyl (C=O) groups excluding carboxylic acids is 2. The second-order valence-corrected chi connectivity index (χ2v) is 7.15. The SMILES string of the molecule is O=C(Nc1ccccc1C(F)(F)F)C1CCN(C(=O)Nc2cccs2)CC1. The van der Waals surface area contributed by atoms with E-state index in [-0.39, 0.29) is 11.7 Å². The standard InChI is InChI=1S/C18H18F3N3O2S/c19-18(20,21)13-4-1-2-5-14(13)22-16(25)12-7-9-24(10-8-12)17(26)23-15-6-3-11-27-15/h1-6,11-12H,7-10H2,(H,22,25)(H,23,26). The minimum absolute atomic E-state index is 0.237. The summed E-state index contributed by atoms with van der Waals surface area (Å²) in [6, 6.07) is 8.29. The number of carbonyl (C=O) groups is 2. The first kappa shape index (κ1) is 19.2. The van der Waals surface area contributed by atoms with Crippen molar-refractivity contribution in [3.05, 3.63) is 47.3 Å². The average molecular weight is 397 g/mol. The molecule has 3 amide bonds. The summed E-state index contributed by atoms with van der Waals surface area (Å²) in [5, 5.41) is 7.76. The molecule has 0 spiro atoms. The molecule has 1 saturated heterocycles. The molecule has 3 rings (SSSR count). The van der Waals surface area contributed by atoms with E-state index in [1.54, 1.807) is 11.0 Å². The van der Waals surface area contributed by atoms with Crippen molar-refractivity contribution in [2.75, 3.05) is 23.7 Å². The predicted octanol–water partition coefficient (Wildman–Crippen LogP) is 4.65. The molecular weight excluding hydrogens is 379 g/mol. The minimum Gasteiger partial charge on any atom is -0.325 e. The predicted molar refractivity (Wildman–Crippen MR) is 97.7 cm³/mol. The van der Waals surface area contributed by atoms with Crippen LogP contribution >= 0.6 is 11.3 Å². The average Bonchev–Trinajstić information content (AvgIpc) is 3.14. The number of urea groups is 1. The molecule has 1 aliphatic rings. The first-order chi connectivity index (χ1) is 12.8. The summed E-state index contributed by atoms with van der Waals surface area (Å²) in [6.45, 7) is 0.742. The molecule has 2 heterocycles. The lowest BCUT2D eigenvalue weighted by atomic mass is 9.96. The van der Waals surface area contributed by atoms with Gasteiger partial charge in [0.1, 0.15) is 0 Å². The monoisotopic (exact) mass is 397 g/mol. The summed E-state index contributed by atoms with van der Waals surface area (Å²) in [7, 11) is 0. The number of likely N-dealkylation sites (tertiary alicyclic amines) is 1. The lowest BCUT2D eigenvalue weighted by Crippen LogP contribution is -2.43. The number of alkyl halides is 3. The summed E-state index contributed by atoms with van der Waals surface area (Å²) >= 11 is 1.41. The van der Waals surface area contributed by atoms with Gasteiger partial charge in [-0.15, -0.1) is 11.3 Å². The Hall–Kier alpha value is -2.55. The van der Waals surface area contributed by atoms with Crippen LogP contribution in [-0.2, 0) is 11.0 Å². The van der Waals surface area contributed by atoms with Gasteiger partial charge < -0.3 is 10.2 Å². The fourth-order valence-corrected chi connectivity index (χ4v) is 3.56. The van der Waals surface area contributed by atoms with E-state index in [0.717, 1.165) is 11.1 Å². The molecule has 27 heavy (non-hydrogen) atoms. The van der Waals surface area contributed by atoms with E-state index in [4.69, 9.17) is 0 Å². The van der Waals surface area contributed by atoms with E-state index < -0.39 is 23.6 Å². The smallest absolute Gasteiger partial charge is 0.325 e. The molecule has 1 aliphatic heterocycles. The number of hydrogen-bond donors (Lipinski definition) is 2. The van der Waals surface area contributed by atoms with Crippen LogP contribution in [-0.4, -0.2) is 29.9 Å². The van der Waals surface area contributed by atoms with Gasteiger partial charge in [0.05, 0.1) is 16.3 Å². The molecule has 5 nitrogen and oxygen atoms in total. The van der Waals surface area contributed by atoms with Crippen molar-refractivity contribution >= 4 is 34.0 Å². The highest BCUT2D eigenvalue weighted by Crippen LogP contribution is 2.35. The molecule has 1 fully saturated rings. The van der Waals surface area contributed by atoms with E-state index in [1.807, 2.05) is 11.4 Å². The highest BCUT2D eigenvalue weighted by Gasteiger charge is 2.34. The van der Waals surface area contributed by atoms with Crippen molar-refractivity contribution in [1.82, 2.24) is 4.90 Å². The summed E-state index contributed by atoms with van der Waals surface area (Å²) in [5.74, 6) is -0.887. The van der Waals surface area contributed by atoms with Crippen LogP contribution in [0.4, 0.5) is 28.7 Å². The molecule has 1 aromatic heterocycles. The summed E-state index contributed by atoms with van der Waals surface area (Å²) < 4.78 is 39.1. The Bertz CT molecular complexity index is 800. The molecule has 2 N–H and O–H groups in total. The van der Waals surface area contributed by atoms with Crippen molar-refractivity contribution in [2.45, 2.75) is 19.0 Å². The molecule has 9 heteroatoms. The first-order valence-corrected chi connectivity index (χ1v) is 9.29. The van der Waals surface area contributed by atoms with Gasteiger partial charge in [0, 0.05) is 19.0 Å². The zero-order valence-corrected chi connectivity index (χ0v) is 15.1. The maximum absolute atomic E-state index is 13.0. The van der Waals surface area contributed by atoms with Crippen molar-refractivity contribution < 1.29 is 22.8 Å². The highest BCUT2D eigenvalue weighted by molar-refractivity contribution is 7.14. The van der Waals surface area contributed by atoms with Gasteiger partial charge in [-0.2, -0.15) is 13.2 Å². The molecule has 0 atom stereocenters. The van der Waals surface area contributed by atoms with Crippen LogP contribution in [0.1, 0.15) is 18.4 Å². The van der Waals surface area contributed by atoms with Crippen LogP contribution in [0.25, 0.3) is 0 Å². The number of piperidine rings is 1. The van der Waals surface area contributed by atoms with E-state index in [2.05, 4.69) is 10.6 Å². The molecule has 0 radical (unpaired) electrons. The fourth-order valence-electron chi connectivity index (χ4n) is 2.95. The second kappa shape index (κ2) is 7.99. The Kier molecular flexibility index (Phi) is 5.69. The van der Waals surface area contributed by atoms with Crippen LogP contribution in [0.15, 0.2) is 41.8 Å². The number of hydrogen-bond acceptors (Lipinski definition) is 3. The van der Waals surface area contributed by atoms with E-state index in [0.29, 0.717) is 25.9 Å². The first-order valence-electron chi connectivity index (χ1n) is 8.41. The normalized spacial score (nSPS) is 15.4. The van der Waals surface area contributed by atoms with E-state index >= 15 is 0 Å². The van der Waals surface area contributed by atoms with Gasteiger partial charge in [-0.05, 0) is 42.5 Å². The zero-order chi connectivity index (χ0) is 19.4. The molecule has 0 unspecified atom stereocenters. The third-order valence-electron chi connectivity index (χ3n) is 4.39. The highest BCUT2D eigenvalue weighted by atomic mass is 32.1. The number of para-hydroxylation sites is 1. The van der Waals surface area contributed by atoms with Gasteiger partial charge in [-0.1, -0.05) is 12.1 Å². The van der Waals surface area contributed by atoms with Gasteiger partial charge in [0.15, 0.2) is 0 Å². The molecule has 2 aromatic rings. The Morgan fingerprint density at radius 3 is 2.37 bits per heavy atom. The molecule has 144 valence electrons. The van der Waals surface area contributed by atoms with Crippen LogP contribution < -0.4 is 10.6 Å². The Morgan fingerprint density at radius 2 is 1.74 bits per heavy atom. The number of halogens is 3. The largest absolute Gasteiger partial charge is 0.418 e. The Balaban J connectivity index is 1.55. The fraction of sp³-hybridized carbons (Fsp3) is 0.333. The summed E-state index contributed by atoms with van der Waals surface area (Å²) in [6.07, 6.45) is -3.73. The molecular formula is C18H18F3N3O2S. The molecule has 0 aliphatic carbocycles. The van der Waals surface area contributed by atoms with Gasteiger partial charge in [-0.3, -0.25) is 10.1 Å². The summed E-state index contributed by atoms with van der Waals surface area (Å²) in [5.41, 5.74) is -1.11. The maximum atomic E-state index is 13.0. The van der Waals surface area contributed by atoms with Gasteiger partial charge in [0.2, 0.25) is 5.91 Å². The maximum Gasteiger partial charge on any atom is 0.418 e. The molecule has 0 saturated carbocycles. The van der Waals surface area contributed by atoms with Crippen LogP contribution in [0.5, 0.6) is 0 Å². The molecule has 0 bridgehead atoms. The van der Waals surface area contributed by atoms with Crippen molar-refractivity contribution in [1.29, 1.82) is 0 Å². The van der Waals surface area contributed by atoms with Crippen LogP contribution in [0.3, 0.4) is 0 Å². The van der Waals surface area contributed by atoms with E-state index in [9.17, 15) is 22.8 Å². The van der Waals surface area contributed by atoms with Crippen molar-refractivity contribution in [2.24, 2.45) is 5.92 Å². The topological polar surface area (TPSA) is 61.4 Å². The Morgan fingerprint density at radius 1 is 1.04 bits per heavy atom. The van der Waals surface area contributed by atoms with Gasteiger partial charge in [0.25, 0.3) is 0 Å². The van der Waals surface area contributed by atoms with E-state index in [1.165, 1.54) is 29.5 Å². The number of nitrogens with zero attached hydrogens (tertiary/aromatic N) is 1. The lowest BCUT2D eigenvalue weighted by molar-refractivity contribution is -0.137. The third kappa shape index (κ3) is 4.79. The van der Waals surface area contributed by atoms with Crippen molar-refractivity contribution in [3.8, 4) is 0 Å². The number of benzene rings is 1. The number of anilines is 2. The number of thiophene rings is 1. The lowest BCUT2D eigenvalue weighted by Gasteiger charge is -2.31. The summed E-state index contributed by atoms with van der Waals surface area (Å²) in [4.78, 5) is 26.2. The number of amides is 3. The second-order valence-electron chi connectivity index (χ2n) is 6.20. The van der Waals surface area contributed by atoms with Crippen molar-refractivity contribution in [3.63, 3.8) is 0 Å². The minimum atomic E-state index is -4.53. The van der Waals surface area contributed by atoms with Gasteiger partial charge >= 0.3 is 12.2 Å². The van der Waals surface area contributed by atoms with Crippen LogP contribution in [0.2, 0.25) is 0 Å². The zero-order valence-electron chi connectivity index (χ0n) is 14.3. The van der Waals surface area contributed by atoms with Crippen LogP contribution in [0, 0.1) is 5.92 Å². The molecule has 1 aromatic carbocycles. The number of nitrogens with one attached hydrogen (secondary N) is 2. The quantitative estimate of drug-likeness (QED) is 0.792. The Labute approximate surface area is 158 Å². The number of rotatable bonds is 3. The van der Waals surface area contributed by atoms with Gasteiger partial charge in [-0.25, -0.2) is 4.79 Å². The third-order valence-corrected chi connectivity index (χ3v) is 5.18.